The van der Waals surface area contributed by atoms with Crippen LogP contribution in [0, 0.1) is 6.92 Å². The van der Waals surface area contributed by atoms with Crippen molar-refractivity contribution in [3.05, 3.63) is 92.1 Å². The minimum Gasteiger partial charge on any atom is -0.319 e. The maximum atomic E-state index is 12.9. The number of hydrogen-bond donors (Lipinski definition) is 1. The summed E-state index contributed by atoms with van der Waals surface area (Å²) in [6.45, 7) is 1.82. The number of carbonyl (C=O) groups excluding carboxylic acids is 1. The van der Waals surface area contributed by atoms with E-state index in [9.17, 15) is 4.79 Å². The first-order valence-electron chi connectivity index (χ1n) is 9.08. The molecule has 1 aromatic heterocycles. The number of rotatable bonds is 4. The Bertz CT molecular complexity index is 1300. The van der Waals surface area contributed by atoms with Gasteiger partial charge in [0.2, 0.25) is 5.82 Å². The van der Waals surface area contributed by atoms with Crippen molar-refractivity contribution in [3.8, 4) is 17.1 Å². The number of amides is 1. The van der Waals surface area contributed by atoms with Crippen LogP contribution in [0.25, 0.3) is 17.1 Å². The molecule has 0 aliphatic heterocycles. The Kier molecular flexibility index (Phi) is 6.21. The summed E-state index contributed by atoms with van der Waals surface area (Å²) in [6, 6.07) is 17.4. The van der Waals surface area contributed by atoms with Crippen molar-refractivity contribution in [3.63, 3.8) is 0 Å². The Morgan fingerprint density at radius 3 is 2.42 bits per heavy atom. The van der Waals surface area contributed by atoms with Crippen molar-refractivity contribution >= 4 is 58.0 Å². The lowest BCUT2D eigenvalue weighted by Gasteiger charge is -2.08. The second-order valence-electron chi connectivity index (χ2n) is 6.65. The Morgan fingerprint density at radius 2 is 1.68 bits per heavy atom. The highest BCUT2D eigenvalue weighted by molar-refractivity contribution is 6.42. The summed E-state index contributed by atoms with van der Waals surface area (Å²) in [7, 11) is 0. The molecular formula is C22H14Cl4N4O. The zero-order valence-corrected chi connectivity index (χ0v) is 19.1. The van der Waals surface area contributed by atoms with Gasteiger partial charge in [-0.05, 0) is 55.0 Å². The lowest BCUT2D eigenvalue weighted by molar-refractivity contribution is 0.101. The third-order valence-corrected chi connectivity index (χ3v) is 5.94. The SMILES string of the molecule is Cc1c(Cl)cccc1NC(=O)c1nc(-c2cccc(Cl)c2)n(-c2ccc(Cl)c(Cl)c2)n1. The van der Waals surface area contributed by atoms with Gasteiger partial charge < -0.3 is 5.32 Å². The predicted octanol–water partition coefficient (Wildman–Crippen LogP) is 7.11. The monoisotopic (exact) mass is 490 g/mol. The van der Waals surface area contributed by atoms with Crippen molar-refractivity contribution in [2.45, 2.75) is 6.92 Å². The molecule has 0 fully saturated rings. The van der Waals surface area contributed by atoms with Gasteiger partial charge in [0.25, 0.3) is 5.91 Å². The number of anilines is 1. The third-order valence-electron chi connectivity index (χ3n) is 4.56. The number of nitrogens with zero attached hydrogens (tertiary/aromatic N) is 3. The van der Waals surface area contributed by atoms with Crippen LogP contribution in [0.15, 0.2) is 60.7 Å². The van der Waals surface area contributed by atoms with Gasteiger partial charge in [-0.1, -0.05) is 64.6 Å². The van der Waals surface area contributed by atoms with Gasteiger partial charge >= 0.3 is 0 Å². The van der Waals surface area contributed by atoms with E-state index in [1.165, 1.54) is 4.68 Å². The molecule has 0 saturated carbocycles. The molecule has 4 aromatic rings. The van der Waals surface area contributed by atoms with E-state index in [0.717, 1.165) is 5.56 Å². The Hall–Kier alpha value is -2.57. The van der Waals surface area contributed by atoms with E-state index in [0.29, 0.717) is 42.9 Å². The Balaban J connectivity index is 1.80. The van der Waals surface area contributed by atoms with Gasteiger partial charge in [-0.15, -0.1) is 5.10 Å². The maximum absolute atomic E-state index is 12.9. The smallest absolute Gasteiger partial charge is 0.295 e. The average molecular weight is 492 g/mol. The second-order valence-corrected chi connectivity index (χ2v) is 8.30. The fourth-order valence-electron chi connectivity index (χ4n) is 2.94. The van der Waals surface area contributed by atoms with Crippen LogP contribution in [0.1, 0.15) is 16.2 Å². The number of aromatic nitrogens is 3. The van der Waals surface area contributed by atoms with E-state index in [-0.39, 0.29) is 5.82 Å². The summed E-state index contributed by atoms with van der Waals surface area (Å²) in [6.07, 6.45) is 0. The topological polar surface area (TPSA) is 59.8 Å². The standard InChI is InChI=1S/C22H14Cl4N4O/c1-12-16(24)6-3-7-19(12)27-22(31)20-28-21(13-4-2-5-14(23)10-13)30(29-20)15-8-9-17(25)18(26)11-15/h2-11H,1H3,(H,27,31). The molecule has 0 bridgehead atoms. The molecule has 0 radical (unpaired) electrons. The summed E-state index contributed by atoms with van der Waals surface area (Å²) in [5.74, 6) is -0.0817. The molecule has 0 spiro atoms. The molecule has 0 saturated heterocycles. The molecule has 0 aliphatic rings. The maximum Gasteiger partial charge on any atom is 0.295 e. The molecule has 5 nitrogen and oxygen atoms in total. The summed E-state index contributed by atoms with van der Waals surface area (Å²) in [5.41, 5.74) is 2.60. The van der Waals surface area contributed by atoms with Crippen LogP contribution in [0.5, 0.6) is 0 Å². The van der Waals surface area contributed by atoms with E-state index in [1.54, 1.807) is 54.6 Å². The van der Waals surface area contributed by atoms with E-state index >= 15 is 0 Å². The molecule has 0 unspecified atom stereocenters. The third kappa shape index (κ3) is 4.55. The van der Waals surface area contributed by atoms with Crippen LogP contribution in [0.4, 0.5) is 5.69 Å². The van der Waals surface area contributed by atoms with E-state index in [2.05, 4.69) is 15.4 Å². The van der Waals surface area contributed by atoms with Gasteiger partial charge in [-0.25, -0.2) is 9.67 Å². The van der Waals surface area contributed by atoms with Crippen LogP contribution < -0.4 is 5.32 Å². The van der Waals surface area contributed by atoms with Gasteiger partial charge in [0.15, 0.2) is 5.82 Å². The first kappa shape index (κ1) is 21.7. The van der Waals surface area contributed by atoms with Gasteiger partial charge in [0.05, 0.1) is 15.7 Å². The number of halogens is 4. The van der Waals surface area contributed by atoms with E-state index in [1.807, 2.05) is 13.0 Å². The molecule has 0 aliphatic carbocycles. The lowest BCUT2D eigenvalue weighted by Crippen LogP contribution is -2.15. The highest BCUT2D eigenvalue weighted by atomic mass is 35.5. The molecule has 4 rings (SSSR count). The van der Waals surface area contributed by atoms with Gasteiger partial charge in [-0.2, -0.15) is 0 Å². The number of hydrogen-bond acceptors (Lipinski definition) is 3. The van der Waals surface area contributed by atoms with Crippen LogP contribution in [-0.4, -0.2) is 20.7 Å². The summed E-state index contributed by atoms with van der Waals surface area (Å²) in [5, 5.41) is 9.07. The molecule has 31 heavy (non-hydrogen) atoms. The quantitative estimate of drug-likeness (QED) is 0.331. The Labute approximate surface area is 198 Å². The Morgan fingerprint density at radius 1 is 0.903 bits per heavy atom. The summed E-state index contributed by atoms with van der Waals surface area (Å²) < 4.78 is 1.52. The normalized spacial score (nSPS) is 10.9. The fraction of sp³-hybridized carbons (Fsp3) is 0.0455. The molecule has 3 aromatic carbocycles. The molecule has 1 N–H and O–H groups in total. The first-order chi connectivity index (χ1) is 14.8. The van der Waals surface area contributed by atoms with Crippen molar-refractivity contribution in [2.24, 2.45) is 0 Å². The minimum absolute atomic E-state index is 0.0274. The van der Waals surface area contributed by atoms with Crippen LogP contribution in [-0.2, 0) is 0 Å². The van der Waals surface area contributed by atoms with E-state index < -0.39 is 5.91 Å². The lowest BCUT2D eigenvalue weighted by atomic mass is 10.2. The van der Waals surface area contributed by atoms with Crippen molar-refractivity contribution < 1.29 is 4.79 Å². The van der Waals surface area contributed by atoms with Crippen molar-refractivity contribution in [1.29, 1.82) is 0 Å². The van der Waals surface area contributed by atoms with Crippen LogP contribution in [0.2, 0.25) is 20.1 Å². The van der Waals surface area contributed by atoms with Gasteiger partial charge in [0, 0.05) is 21.3 Å². The van der Waals surface area contributed by atoms with Crippen molar-refractivity contribution in [2.75, 3.05) is 5.32 Å². The highest BCUT2D eigenvalue weighted by Crippen LogP contribution is 2.29. The fourth-order valence-corrected chi connectivity index (χ4v) is 3.60. The molecule has 0 atom stereocenters. The molecule has 156 valence electrons. The molecule has 9 heteroatoms. The van der Waals surface area contributed by atoms with Crippen LogP contribution in [0.3, 0.4) is 0 Å². The summed E-state index contributed by atoms with van der Waals surface area (Å²) >= 11 is 24.6. The zero-order chi connectivity index (χ0) is 22.1. The van der Waals surface area contributed by atoms with Gasteiger partial charge in [-0.3, -0.25) is 4.79 Å². The average Bonchev–Trinajstić information content (AvgIpc) is 3.19. The van der Waals surface area contributed by atoms with Gasteiger partial charge in [0.1, 0.15) is 0 Å². The van der Waals surface area contributed by atoms with Crippen LogP contribution >= 0.6 is 46.4 Å². The first-order valence-corrected chi connectivity index (χ1v) is 10.6. The van der Waals surface area contributed by atoms with E-state index in [4.69, 9.17) is 46.4 Å². The molecular weight excluding hydrogens is 478 g/mol. The molecule has 1 amide bonds. The second kappa shape index (κ2) is 8.89. The largest absolute Gasteiger partial charge is 0.319 e. The number of carbonyl (C=O) groups is 1. The number of nitrogens with one attached hydrogen (secondary N) is 1. The van der Waals surface area contributed by atoms with Crippen molar-refractivity contribution in [1.82, 2.24) is 14.8 Å². The highest BCUT2D eigenvalue weighted by Gasteiger charge is 2.20. The minimum atomic E-state index is -0.479. The summed E-state index contributed by atoms with van der Waals surface area (Å²) in [4.78, 5) is 17.4. The predicted molar refractivity (Wildman–Crippen MR) is 126 cm³/mol. The molecule has 1 heterocycles. The zero-order valence-electron chi connectivity index (χ0n) is 16.0. The number of benzene rings is 3.